The first-order valence-electron chi connectivity index (χ1n) is 9.94. The van der Waals surface area contributed by atoms with E-state index in [1.807, 2.05) is 6.07 Å². The van der Waals surface area contributed by atoms with E-state index in [0.29, 0.717) is 29.3 Å². The number of ether oxygens (including phenoxy) is 1. The van der Waals surface area contributed by atoms with Crippen molar-refractivity contribution in [3.05, 3.63) is 62.9 Å². The smallest absolute Gasteiger partial charge is 0.343 e. The van der Waals surface area contributed by atoms with E-state index in [2.05, 4.69) is 32.0 Å². The van der Waals surface area contributed by atoms with Crippen molar-refractivity contribution in [2.24, 2.45) is 0 Å². The van der Waals surface area contributed by atoms with Gasteiger partial charge in [0.25, 0.3) is 5.56 Å². The van der Waals surface area contributed by atoms with Gasteiger partial charge in [-0.05, 0) is 42.2 Å². The number of esters is 1. The second kappa shape index (κ2) is 6.00. The first-order valence-corrected chi connectivity index (χ1v) is 9.94. The van der Waals surface area contributed by atoms with Crippen molar-refractivity contribution in [1.82, 2.24) is 9.55 Å². The lowest BCUT2D eigenvalue weighted by molar-refractivity contribution is -0.172. The summed E-state index contributed by atoms with van der Waals surface area (Å²) < 4.78 is 6.77. The van der Waals surface area contributed by atoms with Crippen molar-refractivity contribution in [3.8, 4) is 11.4 Å². The molecule has 2 aromatic heterocycles. The van der Waals surface area contributed by atoms with E-state index in [4.69, 9.17) is 9.72 Å². The number of hydrogen-bond acceptors (Lipinski definition) is 5. The number of carbonyl (C=O) groups is 1. The molecule has 0 bridgehead atoms. The van der Waals surface area contributed by atoms with Gasteiger partial charge in [-0.1, -0.05) is 26.8 Å². The quantitative estimate of drug-likeness (QED) is 0.532. The van der Waals surface area contributed by atoms with Crippen molar-refractivity contribution in [2.75, 3.05) is 0 Å². The molecule has 148 valence electrons. The van der Waals surface area contributed by atoms with Crippen LogP contribution in [0.2, 0.25) is 0 Å². The molecule has 1 aromatic carbocycles. The van der Waals surface area contributed by atoms with E-state index in [-0.39, 0.29) is 18.6 Å². The van der Waals surface area contributed by atoms with Crippen LogP contribution in [0.5, 0.6) is 0 Å². The van der Waals surface area contributed by atoms with Gasteiger partial charge in [-0.15, -0.1) is 0 Å². The normalized spacial score (nSPS) is 19.8. The molecule has 0 aliphatic carbocycles. The summed E-state index contributed by atoms with van der Waals surface area (Å²) >= 11 is 0. The summed E-state index contributed by atoms with van der Waals surface area (Å²) in [7, 11) is 0. The highest BCUT2D eigenvalue weighted by Crippen LogP contribution is 2.38. The lowest BCUT2D eigenvalue weighted by atomic mass is 9.86. The zero-order valence-electron chi connectivity index (χ0n) is 16.7. The lowest BCUT2D eigenvalue weighted by Gasteiger charge is -2.31. The van der Waals surface area contributed by atoms with Crippen LogP contribution in [0.1, 0.15) is 55.4 Å². The minimum absolute atomic E-state index is 0.112. The second-order valence-electron chi connectivity index (χ2n) is 8.21. The van der Waals surface area contributed by atoms with E-state index in [9.17, 15) is 14.7 Å². The molecule has 2 aliphatic rings. The van der Waals surface area contributed by atoms with Gasteiger partial charge in [0.05, 0.1) is 29.0 Å². The van der Waals surface area contributed by atoms with Crippen molar-refractivity contribution in [2.45, 2.75) is 51.9 Å². The highest BCUT2D eigenvalue weighted by molar-refractivity contribution is 5.86. The first-order chi connectivity index (χ1) is 13.8. The number of carbonyl (C=O) groups excluding carboxylic acids is 1. The highest BCUT2D eigenvalue weighted by Gasteiger charge is 2.45. The third kappa shape index (κ3) is 2.42. The maximum absolute atomic E-state index is 13.2. The number of pyridine rings is 2. The Morgan fingerprint density at radius 2 is 2.03 bits per heavy atom. The second-order valence-corrected chi connectivity index (χ2v) is 8.21. The van der Waals surface area contributed by atoms with Gasteiger partial charge >= 0.3 is 5.97 Å². The minimum atomic E-state index is -1.80. The number of rotatable bonds is 2. The average molecular weight is 390 g/mol. The van der Waals surface area contributed by atoms with Crippen LogP contribution in [-0.2, 0) is 28.3 Å². The summed E-state index contributed by atoms with van der Waals surface area (Å²) in [5.74, 6) is -0.286. The fraction of sp³-hybridized carbons (Fsp3) is 0.348. The van der Waals surface area contributed by atoms with Crippen LogP contribution in [0.4, 0.5) is 0 Å². The van der Waals surface area contributed by atoms with Crippen molar-refractivity contribution in [3.63, 3.8) is 0 Å². The summed E-state index contributed by atoms with van der Waals surface area (Å²) in [4.78, 5) is 30.2. The van der Waals surface area contributed by atoms with Gasteiger partial charge in [0.2, 0.25) is 0 Å². The van der Waals surface area contributed by atoms with Crippen molar-refractivity contribution < 1.29 is 14.6 Å². The molecule has 0 fully saturated rings. The predicted molar refractivity (Wildman–Crippen MR) is 109 cm³/mol. The number of benzene rings is 1. The zero-order valence-corrected chi connectivity index (χ0v) is 16.7. The standard InChI is InChI=1S/C23H22N2O4/c1-4-23(28)17-9-19-20-15(10-25(19)21(26)16(17)11-29-22(23)27)8-14-7-13(12(2)3)5-6-18(14)24-20/h5-9,12,28H,4,10-11H2,1-3H3/t23-/m0/s1. The average Bonchev–Trinajstić information content (AvgIpc) is 3.07. The van der Waals surface area contributed by atoms with Crippen molar-refractivity contribution >= 4 is 16.9 Å². The molecule has 0 radical (unpaired) electrons. The third-order valence-corrected chi connectivity index (χ3v) is 6.20. The van der Waals surface area contributed by atoms with E-state index in [1.54, 1.807) is 17.6 Å². The molecule has 29 heavy (non-hydrogen) atoms. The Morgan fingerprint density at radius 3 is 2.76 bits per heavy atom. The van der Waals surface area contributed by atoms with Gasteiger partial charge in [0.1, 0.15) is 6.61 Å². The molecule has 0 saturated carbocycles. The minimum Gasteiger partial charge on any atom is -0.458 e. The Kier molecular flexibility index (Phi) is 3.74. The van der Waals surface area contributed by atoms with E-state index in [1.165, 1.54) is 5.56 Å². The van der Waals surface area contributed by atoms with Gasteiger partial charge in [-0.2, -0.15) is 0 Å². The Labute approximate surface area is 167 Å². The summed E-state index contributed by atoms with van der Waals surface area (Å²) in [6, 6.07) is 10.1. The summed E-state index contributed by atoms with van der Waals surface area (Å²) in [6.07, 6.45) is 0.137. The van der Waals surface area contributed by atoms with Crippen LogP contribution >= 0.6 is 0 Å². The summed E-state index contributed by atoms with van der Waals surface area (Å²) in [6.45, 7) is 6.32. The molecule has 0 saturated heterocycles. The summed E-state index contributed by atoms with van der Waals surface area (Å²) in [5, 5.41) is 12.0. The zero-order chi connectivity index (χ0) is 20.5. The number of aliphatic hydroxyl groups is 1. The number of fused-ring (bicyclic) bond motifs is 5. The Bertz CT molecular complexity index is 1260. The highest BCUT2D eigenvalue weighted by atomic mass is 16.6. The van der Waals surface area contributed by atoms with Crippen LogP contribution in [0.25, 0.3) is 22.3 Å². The molecule has 6 heteroatoms. The molecule has 4 heterocycles. The molecular formula is C23H22N2O4. The van der Waals surface area contributed by atoms with Gasteiger partial charge in [-0.3, -0.25) is 4.79 Å². The van der Waals surface area contributed by atoms with Crippen LogP contribution in [0.15, 0.2) is 35.1 Å². The molecule has 1 atom stereocenters. The molecule has 2 aliphatic heterocycles. The largest absolute Gasteiger partial charge is 0.458 e. The topological polar surface area (TPSA) is 81.4 Å². The van der Waals surface area contributed by atoms with Crippen LogP contribution in [-0.4, -0.2) is 20.6 Å². The number of nitrogens with zero attached hydrogens (tertiary/aromatic N) is 2. The molecular weight excluding hydrogens is 368 g/mol. The Balaban J connectivity index is 1.74. The molecule has 6 nitrogen and oxygen atoms in total. The number of aromatic nitrogens is 2. The number of cyclic esters (lactones) is 1. The van der Waals surface area contributed by atoms with Crippen LogP contribution < -0.4 is 5.56 Å². The van der Waals surface area contributed by atoms with Gasteiger partial charge in [0.15, 0.2) is 5.60 Å². The van der Waals surface area contributed by atoms with Gasteiger partial charge < -0.3 is 14.4 Å². The monoisotopic (exact) mass is 390 g/mol. The predicted octanol–water partition coefficient (Wildman–Crippen LogP) is 3.20. The van der Waals surface area contributed by atoms with Gasteiger partial charge in [-0.25, -0.2) is 9.78 Å². The third-order valence-electron chi connectivity index (χ3n) is 6.20. The molecule has 5 rings (SSSR count). The van der Waals surface area contributed by atoms with Crippen LogP contribution in [0.3, 0.4) is 0 Å². The summed E-state index contributed by atoms with van der Waals surface area (Å²) in [5.41, 5.74) is 3.09. The maximum atomic E-state index is 13.2. The lowest BCUT2D eigenvalue weighted by Crippen LogP contribution is -2.44. The molecule has 1 N–H and O–H groups in total. The Morgan fingerprint density at radius 1 is 1.24 bits per heavy atom. The molecule has 0 spiro atoms. The fourth-order valence-electron chi connectivity index (χ4n) is 4.36. The Hall–Kier alpha value is -2.99. The van der Waals surface area contributed by atoms with Gasteiger partial charge in [0, 0.05) is 16.5 Å². The van der Waals surface area contributed by atoms with E-state index in [0.717, 1.165) is 22.2 Å². The molecule has 3 aromatic rings. The molecule has 0 amide bonds. The SMILES string of the molecule is CC[C@@]1(O)C(=O)OCc2c1cc1n(c2=O)Cc2cc3cc(C(C)C)ccc3nc2-1. The van der Waals surface area contributed by atoms with Crippen molar-refractivity contribution in [1.29, 1.82) is 0 Å². The number of hydrogen-bond donors (Lipinski definition) is 1. The first kappa shape index (κ1) is 18.1. The van der Waals surface area contributed by atoms with E-state index >= 15 is 0 Å². The van der Waals surface area contributed by atoms with Crippen LogP contribution in [0, 0.1) is 0 Å². The fourth-order valence-corrected chi connectivity index (χ4v) is 4.36. The maximum Gasteiger partial charge on any atom is 0.343 e. The molecule has 0 unspecified atom stereocenters. The van der Waals surface area contributed by atoms with E-state index < -0.39 is 11.6 Å².